The molecule has 0 amide bonds. The van der Waals surface area contributed by atoms with Crippen LogP contribution in [-0.2, 0) is 19.2 Å². The fraction of sp³-hybridized carbons (Fsp3) is 0.857. The van der Waals surface area contributed by atoms with Crippen molar-refractivity contribution in [3.63, 3.8) is 0 Å². The third-order valence-corrected chi connectivity index (χ3v) is 4.24. The molecule has 0 heterocycles. The molecule has 5 nitrogen and oxygen atoms in total. The monoisotopic (exact) mass is 271 g/mol. The van der Waals surface area contributed by atoms with Crippen molar-refractivity contribution in [2.24, 2.45) is 23.7 Å². The molecule has 2 N–H and O–H groups in total. The van der Waals surface area contributed by atoms with Crippen molar-refractivity contribution in [3.8, 4) is 0 Å². The first kappa shape index (κ1) is 16.0. The highest BCUT2D eigenvalue weighted by Crippen LogP contribution is 2.43. The van der Waals surface area contributed by atoms with Crippen molar-refractivity contribution in [2.45, 2.75) is 59.0 Å². The molecule has 4 atom stereocenters. The predicted octanol–water partition coefficient (Wildman–Crippen LogP) is 2.19. The molecule has 0 aromatic rings. The van der Waals surface area contributed by atoms with Gasteiger partial charge in [-0.2, -0.15) is 5.90 Å². The molecule has 1 fully saturated rings. The molecule has 4 unspecified atom stereocenters. The number of carbonyl (C=O) groups excluding carboxylic acids is 2. The molecule has 19 heavy (non-hydrogen) atoms. The number of hydrogen-bond acceptors (Lipinski definition) is 5. The summed E-state index contributed by atoms with van der Waals surface area (Å²) in [6, 6.07) is 0. The highest BCUT2D eigenvalue weighted by Gasteiger charge is 2.39. The van der Waals surface area contributed by atoms with Crippen molar-refractivity contribution < 1.29 is 19.2 Å². The van der Waals surface area contributed by atoms with Gasteiger partial charge in [0.2, 0.25) is 0 Å². The Kier molecular flexibility index (Phi) is 6.28. The number of esters is 1. The van der Waals surface area contributed by atoms with Crippen molar-refractivity contribution in [1.29, 1.82) is 0 Å². The zero-order chi connectivity index (χ0) is 14.4. The lowest BCUT2D eigenvalue weighted by atomic mass is 9.87. The zero-order valence-corrected chi connectivity index (χ0v) is 12.1. The van der Waals surface area contributed by atoms with Crippen LogP contribution in [0.5, 0.6) is 0 Å². The lowest BCUT2D eigenvalue weighted by Crippen LogP contribution is -2.32. The van der Waals surface area contributed by atoms with E-state index in [-0.39, 0.29) is 18.3 Å². The largest absolute Gasteiger partial charge is 0.462 e. The first-order valence-electron chi connectivity index (χ1n) is 7.08. The van der Waals surface area contributed by atoms with Crippen LogP contribution in [0.4, 0.5) is 0 Å². The number of carbonyl (C=O) groups is 2. The summed E-state index contributed by atoms with van der Waals surface area (Å²) in [6.07, 6.45) is 3.96. The molecule has 1 aliphatic carbocycles. The molecule has 110 valence electrons. The lowest BCUT2D eigenvalue weighted by Gasteiger charge is -2.26. The second kappa shape index (κ2) is 7.48. The van der Waals surface area contributed by atoms with Gasteiger partial charge in [-0.25, -0.2) is 0 Å². The quantitative estimate of drug-likeness (QED) is 0.591. The maximum absolute atomic E-state index is 11.4. The number of hydrogen-bond donors (Lipinski definition) is 1. The summed E-state index contributed by atoms with van der Waals surface area (Å²) in [7, 11) is 0. The molecule has 5 heteroatoms. The van der Waals surface area contributed by atoms with E-state index in [2.05, 4.69) is 18.7 Å². The smallest absolute Gasteiger partial charge is 0.328 e. The molecule has 0 saturated heterocycles. The topological polar surface area (TPSA) is 78.6 Å². The summed E-state index contributed by atoms with van der Waals surface area (Å²) >= 11 is 0. The molecular formula is C14H25NO4. The third-order valence-electron chi connectivity index (χ3n) is 4.24. The average molecular weight is 271 g/mol. The van der Waals surface area contributed by atoms with Gasteiger partial charge in [0.15, 0.2) is 0 Å². The summed E-state index contributed by atoms with van der Waals surface area (Å²) in [4.78, 5) is 26.8. The van der Waals surface area contributed by atoms with Gasteiger partial charge in [0.1, 0.15) is 6.10 Å². The van der Waals surface area contributed by atoms with Crippen LogP contribution < -0.4 is 5.90 Å². The van der Waals surface area contributed by atoms with Gasteiger partial charge >= 0.3 is 11.9 Å². The predicted molar refractivity (Wildman–Crippen MR) is 70.7 cm³/mol. The van der Waals surface area contributed by atoms with E-state index in [4.69, 9.17) is 10.6 Å². The average Bonchev–Trinajstić information content (AvgIpc) is 2.80. The van der Waals surface area contributed by atoms with Crippen LogP contribution >= 0.6 is 0 Å². The minimum Gasteiger partial charge on any atom is -0.462 e. The van der Waals surface area contributed by atoms with Crippen LogP contribution in [0, 0.1) is 17.8 Å². The Morgan fingerprint density at radius 2 is 1.95 bits per heavy atom. The SMILES string of the molecule is CCC1CC(CC)C(C(CC(=O)ON)OC(C)=O)C1. The van der Waals surface area contributed by atoms with E-state index in [1.807, 2.05) is 0 Å². The second-order valence-corrected chi connectivity index (χ2v) is 5.42. The molecule has 0 spiro atoms. The minimum atomic E-state index is -0.527. The van der Waals surface area contributed by atoms with Crippen LogP contribution in [0.3, 0.4) is 0 Å². The summed E-state index contributed by atoms with van der Waals surface area (Å²) in [5.41, 5.74) is 0. The van der Waals surface area contributed by atoms with Gasteiger partial charge in [0.25, 0.3) is 0 Å². The first-order valence-corrected chi connectivity index (χ1v) is 7.08. The summed E-state index contributed by atoms with van der Waals surface area (Å²) < 4.78 is 5.34. The molecule has 1 aliphatic rings. The fourth-order valence-electron chi connectivity index (χ4n) is 3.24. The van der Waals surface area contributed by atoms with Crippen LogP contribution in [0.1, 0.15) is 52.9 Å². The van der Waals surface area contributed by atoms with E-state index in [1.54, 1.807) is 0 Å². The minimum absolute atomic E-state index is 0.0493. The van der Waals surface area contributed by atoms with Crippen LogP contribution in [-0.4, -0.2) is 18.0 Å². The fourth-order valence-corrected chi connectivity index (χ4v) is 3.24. The van der Waals surface area contributed by atoms with Gasteiger partial charge in [0.05, 0.1) is 6.42 Å². The lowest BCUT2D eigenvalue weighted by molar-refractivity contribution is -0.157. The van der Waals surface area contributed by atoms with Crippen LogP contribution in [0.25, 0.3) is 0 Å². The molecule has 0 radical (unpaired) electrons. The van der Waals surface area contributed by atoms with Crippen molar-refractivity contribution >= 4 is 11.9 Å². The van der Waals surface area contributed by atoms with E-state index in [0.717, 1.165) is 25.7 Å². The third kappa shape index (κ3) is 4.49. The summed E-state index contributed by atoms with van der Waals surface area (Å²) in [6.45, 7) is 5.69. The van der Waals surface area contributed by atoms with Crippen molar-refractivity contribution in [2.75, 3.05) is 0 Å². The summed E-state index contributed by atoms with van der Waals surface area (Å²) in [5, 5.41) is 0. The number of rotatable bonds is 6. The Morgan fingerprint density at radius 3 is 2.42 bits per heavy atom. The molecule has 0 aromatic heterocycles. The Hall–Kier alpha value is -1.10. The van der Waals surface area contributed by atoms with Crippen LogP contribution in [0.2, 0.25) is 0 Å². The normalized spacial score (nSPS) is 27.9. The standard InChI is InChI=1S/C14H25NO4/c1-4-10-6-11(5-2)12(7-10)13(18-9(3)16)8-14(17)19-15/h10-13H,4-8,15H2,1-3H3. The van der Waals surface area contributed by atoms with Crippen molar-refractivity contribution in [1.82, 2.24) is 0 Å². The molecular weight excluding hydrogens is 246 g/mol. The number of nitrogens with two attached hydrogens (primary N) is 1. The van der Waals surface area contributed by atoms with Gasteiger partial charge in [-0.05, 0) is 30.6 Å². The zero-order valence-electron chi connectivity index (χ0n) is 12.1. The molecule has 1 rings (SSSR count). The molecule has 0 aliphatic heterocycles. The highest BCUT2D eigenvalue weighted by molar-refractivity contribution is 5.71. The Bertz CT molecular complexity index is 319. The maximum Gasteiger partial charge on any atom is 0.328 e. The number of ether oxygens (including phenoxy) is 1. The van der Waals surface area contributed by atoms with E-state index in [1.165, 1.54) is 6.92 Å². The van der Waals surface area contributed by atoms with Gasteiger partial charge in [-0.15, -0.1) is 0 Å². The highest BCUT2D eigenvalue weighted by atomic mass is 16.7. The van der Waals surface area contributed by atoms with Gasteiger partial charge in [-0.3, -0.25) is 9.59 Å². The molecule has 1 saturated carbocycles. The molecule has 0 bridgehead atoms. The Morgan fingerprint density at radius 1 is 1.26 bits per heavy atom. The van der Waals surface area contributed by atoms with Gasteiger partial charge in [0, 0.05) is 6.92 Å². The van der Waals surface area contributed by atoms with Crippen molar-refractivity contribution in [3.05, 3.63) is 0 Å². The molecule has 0 aromatic carbocycles. The van der Waals surface area contributed by atoms with E-state index in [0.29, 0.717) is 11.8 Å². The second-order valence-electron chi connectivity index (χ2n) is 5.42. The van der Waals surface area contributed by atoms with Crippen LogP contribution in [0.15, 0.2) is 0 Å². The van der Waals surface area contributed by atoms with E-state index in [9.17, 15) is 9.59 Å². The van der Waals surface area contributed by atoms with E-state index < -0.39 is 12.1 Å². The Labute approximate surface area is 114 Å². The maximum atomic E-state index is 11.4. The first-order chi connectivity index (χ1) is 9.01. The van der Waals surface area contributed by atoms with E-state index >= 15 is 0 Å². The van der Waals surface area contributed by atoms with Gasteiger partial charge in [-0.1, -0.05) is 26.7 Å². The van der Waals surface area contributed by atoms with Gasteiger partial charge < -0.3 is 9.57 Å². The Balaban J connectivity index is 2.76. The summed E-state index contributed by atoms with van der Waals surface area (Å²) in [5.74, 6) is 5.39.